The first-order chi connectivity index (χ1) is 12.3. The van der Waals surface area contributed by atoms with Gasteiger partial charge in [-0.25, -0.2) is 0 Å². The summed E-state index contributed by atoms with van der Waals surface area (Å²) >= 11 is 1.79. The third kappa shape index (κ3) is 2.98. The van der Waals surface area contributed by atoms with Crippen LogP contribution in [0, 0.1) is 0 Å². The minimum Gasteiger partial charge on any atom is -0.355 e. The molecule has 0 fully saturated rings. The molecule has 1 amide bonds. The van der Waals surface area contributed by atoms with E-state index < -0.39 is 0 Å². The van der Waals surface area contributed by atoms with Crippen molar-refractivity contribution in [2.75, 3.05) is 11.9 Å². The molecule has 2 heterocycles. The van der Waals surface area contributed by atoms with E-state index in [1.807, 2.05) is 12.1 Å². The summed E-state index contributed by atoms with van der Waals surface area (Å²) < 4.78 is 0. The molecule has 0 aliphatic carbocycles. The summed E-state index contributed by atoms with van der Waals surface area (Å²) in [5.41, 5.74) is 3.86. The molecule has 0 bridgehead atoms. The normalized spacial score (nSPS) is 12.3. The largest absolute Gasteiger partial charge is 0.355 e. The van der Waals surface area contributed by atoms with E-state index in [4.69, 9.17) is 0 Å². The molecule has 3 aromatic rings. The van der Waals surface area contributed by atoms with Crippen LogP contribution in [-0.4, -0.2) is 17.9 Å². The third-order valence-electron chi connectivity index (χ3n) is 4.17. The Balaban J connectivity index is 1.69. The molecule has 2 aromatic carbocycles. The molecule has 0 atom stereocenters. The highest BCUT2D eigenvalue weighted by molar-refractivity contribution is 7.99. The van der Waals surface area contributed by atoms with Crippen molar-refractivity contribution in [3.8, 4) is 0 Å². The number of anilines is 2. The molecule has 0 saturated heterocycles. The maximum atomic E-state index is 11.7. The molecule has 5 heteroatoms. The Hall–Kier alpha value is -2.79. The summed E-state index contributed by atoms with van der Waals surface area (Å²) in [6, 6.07) is 20.5. The van der Waals surface area contributed by atoms with Gasteiger partial charge in [-0.05, 0) is 36.4 Å². The SMILES string of the molecule is CNC(=O)c1ccc(CN2c3ccccc3Sc3ccccc32)nc1. The topological polar surface area (TPSA) is 45.2 Å². The summed E-state index contributed by atoms with van der Waals surface area (Å²) in [7, 11) is 1.62. The summed E-state index contributed by atoms with van der Waals surface area (Å²) in [4.78, 5) is 20.9. The van der Waals surface area contributed by atoms with Gasteiger partial charge in [-0.1, -0.05) is 36.0 Å². The Morgan fingerprint density at radius 1 is 1.00 bits per heavy atom. The van der Waals surface area contributed by atoms with Crippen LogP contribution in [0.3, 0.4) is 0 Å². The average Bonchev–Trinajstić information content (AvgIpc) is 2.67. The van der Waals surface area contributed by atoms with Crippen molar-refractivity contribution in [2.45, 2.75) is 16.3 Å². The van der Waals surface area contributed by atoms with Gasteiger partial charge in [-0.15, -0.1) is 0 Å². The predicted octanol–water partition coefficient (Wildman–Crippen LogP) is 4.24. The third-order valence-corrected chi connectivity index (χ3v) is 5.30. The second kappa shape index (κ2) is 6.61. The fourth-order valence-corrected chi connectivity index (χ4v) is 4.01. The number of nitrogens with one attached hydrogen (secondary N) is 1. The van der Waals surface area contributed by atoms with Crippen LogP contribution < -0.4 is 10.2 Å². The summed E-state index contributed by atoms with van der Waals surface area (Å²) in [5.74, 6) is -0.121. The lowest BCUT2D eigenvalue weighted by atomic mass is 10.2. The second-order valence-electron chi connectivity index (χ2n) is 5.74. The monoisotopic (exact) mass is 347 g/mol. The highest BCUT2D eigenvalue weighted by Gasteiger charge is 2.23. The van der Waals surface area contributed by atoms with Gasteiger partial charge in [0, 0.05) is 23.0 Å². The van der Waals surface area contributed by atoms with Crippen LogP contribution >= 0.6 is 11.8 Å². The summed E-state index contributed by atoms with van der Waals surface area (Å²) in [6.07, 6.45) is 1.63. The molecule has 0 radical (unpaired) electrons. The van der Waals surface area contributed by atoms with E-state index in [1.54, 1.807) is 25.0 Å². The number of carbonyl (C=O) groups excluding carboxylic acids is 1. The molecular weight excluding hydrogens is 330 g/mol. The van der Waals surface area contributed by atoms with Crippen molar-refractivity contribution in [2.24, 2.45) is 0 Å². The van der Waals surface area contributed by atoms with Crippen LogP contribution in [0.5, 0.6) is 0 Å². The fourth-order valence-electron chi connectivity index (χ4n) is 2.91. The van der Waals surface area contributed by atoms with E-state index in [-0.39, 0.29) is 5.91 Å². The van der Waals surface area contributed by atoms with Crippen LogP contribution in [0.4, 0.5) is 11.4 Å². The number of rotatable bonds is 3. The van der Waals surface area contributed by atoms with Gasteiger partial charge in [0.05, 0.1) is 29.2 Å². The van der Waals surface area contributed by atoms with Crippen LogP contribution in [0.25, 0.3) is 0 Å². The van der Waals surface area contributed by atoms with Crippen molar-refractivity contribution >= 4 is 29.0 Å². The van der Waals surface area contributed by atoms with Crippen molar-refractivity contribution in [1.29, 1.82) is 0 Å². The van der Waals surface area contributed by atoms with E-state index in [0.29, 0.717) is 12.1 Å². The van der Waals surface area contributed by atoms with Crippen LogP contribution in [-0.2, 0) is 6.54 Å². The Bertz CT molecular complexity index is 879. The standard InChI is InChI=1S/C20H17N3OS/c1-21-20(24)14-10-11-15(22-12-14)13-23-16-6-2-4-8-18(16)25-19-9-5-3-7-17(19)23/h2-12H,13H2,1H3,(H,21,24). The number of para-hydroxylation sites is 2. The predicted molar refractivity (Wildman–Crippen MR) is 100 cm³/mol. The van der Waals surface area contributed by atoms with Crippen molar-refractivity contribution < 1.29 is 4.79 Å². The molecule has 1 N–H and O–H groups in total. The van der Waals surface area contributed by atoms with Gasteiger partial charge in [0.2, 0.25) is 0 Å². The molecule has 0 saturated carbocycles. The van der Waals surface area contributed by atoms with Crippen molar-refractivity contribution in [3.63, 3.8) is 0 Å². The van der Waals surface area contributed by atoms with E-state index in [0.717, 1.165) is 5.69 Å². The van der Waals surface area contributed by atoms with Gasteiger partial charge < -0.3 is 10.2 Å². The summed E-state index contributed by atoms with van der Waals surface area (Å²) in [5, 5.41) is 2.62. The number of hydrogen-bond donors (Lipinski definition) is 1. The quantitative estimate of drug-likeness (QED) is 0.769. The van der Waals surface area contributed by atoms with E-state index in [2.05, 4.69) is 63.7 Å². The van der Waals surface area contributed by atoms with Gasteiger partial charge in [0.1, 0.15) is 0 Å². The Kier molecular flexibility index (Phi) is 4.15. The maximum Gasteiger partial charge on any atom is 0.252 e. The Labute approximate surface area is 150 Å². The molecule has 0 spiro atoms. The maximum absolute atomic E-state index is 11.7. The molecule has 124 valence electrons. The van der Waals surface area contributed by atoms with Crippen LogP contribution in [0.2, 0.25) is 0 Å². The number of carbonyl (C=O) groups is 1. The zero-order chi connectivity index (χ0) is 17.2. The highest BCUT2D eigenvalue weighted by Crippen LogP contribution is 2.48. The number of fused-ring (bicyclic) bond motifs is 2. The molecule has 4 nitrogen and oxygen atoms in total. The van der Waals surface area contributed by atoms with E-state index in [9.17, 15) is 4.79 Å². The average molecular weight is 347 g/mol. The Morgan fingerprint density at radius 3 is 2.20 bits per heavy atom. The number of aromatic nitrogens is 1. The van der Waals surface area contributed by atoms with Gasteiger partial charge >= 0.3 is 0 Å². The number of nitrogens with zero attached hydrogens (tertiary/aromatic N) is 2. The zero-order valence-electron chi connectivity index (χ0n) is 13.8. The lowest BCUT2D eigenvalue weighted by Gasteiger charge is -2.32. The lowest BCUT2D eigenvalue weighted by Crippen LogP contribution is -2.21. The van der Waals surface area contributed by atoms with E-state index >= 15 is 0 Å². The van der Waals surface area contributed by atoms with Gasteiger partial charge in [-0.3, -0.25) is 9.78 Å². The molecule has 1 aliphatic heterocycles. The van der Waals surface area contributed by atoms with Gasteiger partial charge in [0.15, 0.2) is 0 Å². The van der Waals surface area contributed by atoms with Crippen LogP contribution in [0.15, 0.2) is 76.7 Å². The highest BCUT2D eigenvalue weighted by atomic mass is 32.2. The molecule has 25 heavy (non-hydrogen) atoms. The number of pyridine rings is 1. The zero-order valence-corrected chi connectivity index (χ0v) is 14.6. The summed E-state index contributed by atoms with van der Waals surface area (Å²) in [6.45, 7) is 0.655. The van der Waals surface area contributed by atoms with Gasteiger partial charge in [-0.2, -0.15) is 0 Å². The molecule has 0 unspecified atom stereocenters. The molecule has 1 aliphatic rings. The first-order valence-corrected chi connectivity index (χ1v) is 8.88. The van der Waals surface area contributed by atoms with Crippen molar-refractivity contribution in [3.05, 3.63) is 78.1 Å². The molecule has 4 rings (SSSR count). The fraction of sp³-hybridized carbons (Fsp3) is 0.100. The first-order valence-electron chi connectivity index (χ1n) is 8.07. The van der Waals surface area contributed by atoms with Gasteiger partial charge in [0.25, 0.3) is 5.91 Å². The number of benzene rings is 2. The Morgan fingerprint density at radius 2 is 1.64 bits per heavy atom. The van der Waals surface area contributed by atoms with Crippen molar-refractivity contribution in [1.82, 2.24) is 10.3 Å². The second-order valence-corrected chi connectivity index (χ2v) is 6.82. The first kappa shape index (κ1) is 15.7. The number of amides is 1. The number of hydrogen-bond acceptors (Lipinski definition) is 4. The molecular formula is C20H17N3OS. The van der Waals surface area contributed by atoms with E-state index in [1.165, 1.54) is 21.2 Å². The lowest BCUT2D eigenvalue weighted by molar-refractivity contribution is 0.0962. The minimum atomic E-state index is -0.121. The van der Waals surface area contributed by atoms with Crippen LogP contribution in [0.1, 0.15) is 16.1 Å². The minimum absolute atomic E-state index is 0.121. The smallest absolute Gasteiger partial charge is 0.252 e. The molecule has 1 aromatic heterocycles.